The second-order valence-electron chi connectivity index (χ2n) is 9.34. The topological polar surface area (TPSA) is 75.1 Å². The quantitative estimate of drug-likeness (QED) is 0.333. The largest absolute Gasteiger partial charge is 0.352 e. The number of carbonyl (C=O) groups excluding carboxylic acids is 1. The van der Waals surface area contributed by atoms with E-state index in [1.807, 2.05) is 67.7 Å². The molecule has 4 aromatic rings. The van der Waals surface area contributed by atoms with E-state index in [1.165, 1.54) is 0 Å². The van der Waals surface area contributed by atoms with Crippen LogP contribution in [0.2, 0.25) is 0 Å². The molecule has 1 amide bonds. The van der Waals surface area contributed by atoms with Crippen molar-refractivity contribution in [1.82, 2.24) is 24.8 Å². The fourth-order valence-electron chi connectivity index (χ4n) is 4.98. The zero-order valence-electron chi connectivity index (χ0n) is 21.2. The minimum atomic E-state index is -0.147. The van der Waals surface area contributed by atoms with Crippen LogP contribution in [0.1, 0.15) is 46.7 Å². The van der Waals surface area contributed by atoms with Gasteiger partial charge in [-0.25, -0.2) is 4.98 Å². The number of hydrogen-bond donors (Lipinski definition) is 2. The lowest BCUT2D eigenvalue weighted by Gasteiger charge is -2.28. The van der Waals surface area contributed by atoms with Crippen LogP contribution in [0, 0.1) is 20.8 Å². The van der Waals surface area contributed by atoms with E-state index in [4.69, 9.17) is 12.2 Å². The first-order valence-electron chi connectivity index (χ1n) is 12.4. The van der Waals surface area contributed by atoms with Crippen molar-refractivity contribution in [2.75, 3.05) is 11.9 Å². The third-order valence-corrected chi connectivity index (χ3v) is 7.10. The summed E-state index contributed by atoms with van der Waals surface area (Å²) in [6, 6.07) is 21.4. The number of amides is 1. The van der Waals surface area contributed by atoms with E-state index in [9.17, 15) is 4.79 Å². The summed E-state index contributed by atoms with van der Waals surface area (Å²) in [5.41, 5.74) is 6.11. The van der Waals surface area contributed by atoms with Gasteiger partial charge in [0.15, 0.2) is 5.11 Å². The summed E-state index contributed by atoms with van der Waals surface area (Å²) >= 11 is 5.80. The van der Waals surface area contributed by atoms with Crippen molar-refractivity contribution in [3.8, 4) is 5.82 Å². The fourth-order valence-corrected chi connectivity index (χ4v) is 5.32. The molecule has 0 unspecified atom stereocenters. The summed E-state index contributed by atoms with van der Waals surface area (Å²) in [5.74, 6) is 0.826. The predicted molar refractivity (Wildman–Crippen MR) is 150 cm³/mol. The fraction of sp³-hybridized carbons (Fsp3) is 0.241. The van der Waals surface area contributed by atoms with Gasteiger partial charge in [-0.2, -0.15) is 0 Å². The summed E-state index contributed by atoms with van der Waals surface area (Å²) in [4.78, 5) is 24.2. The van der Waals surface area contributed by atoms with Gasteiger partial charge in [0.1, 0.15) is 5.82 Å². The molecule has 4 heterocycles. The molecule has 1 aliphatic heterocycles. The van der Waals surface area contributed by atoms with Gasteiger partial charge in [0.2, 0.25) is 5.91 Å². The highest BCUT2D eigenvalue weighted by molar-refractivity contribution is 7.80. The molecule has 188 valence electrons. The number of anilines is 1. The van der Waals surface area contributed by atoms with Crippen LogP contribution in [-0.4, -0.2) is 37.0 Å². The highest BCUT2D eigenvalue weighted by Crippen LogP contribution is 2.41. The Bertz CT molecular complexity index is 1400. The maximum atomic E-state index is 12.8. The van der Waals surface area contributed by atoms with Gasteiger partial charge in [-0.3, -0.25) is 9.78 Å². The van der Waals surface area contributed by atoms with Crippen LogP contribution in [-0.2, 0) is 4.79 Å². The molecule has 7 nitrogen and oxygen atoms in total. The van der Waals surface area contributed by atoms with E-state index in [0.29, 0.717) is 18.1 Å². The number of nitrogens with zero attached hydrogens (tertiary/aromatic N) is 4. The van der Waals surface area contributed by atoms with Gasteiger partial charge in [-0.15, -0.1) is 0 Å². The smallest absolute Gasteiger partial charge is 0.226 e. The minimum absolute atomic E-state index is 0.0524. The van der Waals surface area contributed by atoms with Crippen LogP contribution in [0.25, 0.3) is 5.82 Å². The van der Waals surface area contributed by atoms with Crippen LogP contribution < -0.4 is 10.6 Å². The number of pyridine rings is 2. The lowest BCUT2D eigenvalue weighted by molar-refractivity contribution is -0.116. The number of aromatic nitrogens is 3. The number of rotatable bonds is 7. The molecule has 2 atom stereocenters. The summed E-state index contributed by atoms with van der Waals surface area (Å²) < 4.78 is 2.17. The van der Waals surface area contributed by atoms with Crippen LogP contribution >= 0.6 is 12.2 Å². The van der Waals surface area contributed by atoms with Crippen molar-refractivity contribution in [3.63, 3.8) is 0 Å². The number of benzene rings is 1. The Morgan fingerprint density at radius 3 is 2.51 bits per heavy atom. The summed E-state index contributed by atoms with van der Waals surface area (Å²) in [6.45, 7) is 6.71. The standard InChI is InChI=1S/C29H30N6OS/c1-19-12-13-25(31-18-19)35-20(2)17-23(21(35)3)28-27(24-11-7-8-15-30-24)33-29(37)34(28)16-14-26(36)32-22-9-5-4-6-10-22/h4-13,15,17-18,27-28H,14,16H2,1-3H3,(H,32,36)(H,33,37)/t27-,28+/m1/s1. The summed E-state index contributed by atoms with van der Waals surface area (Å²) in [7, 11) is 0. The third kappa shape index (κ3) is 5.11. The highest BCUT2D eigenvalue weighted by Gasteiger charge is 2.41. The molecule has 0 bridgehead atoms. The number of para-hydroxylation sites is 1. The minimum Gasteiger partial charge on any atom is -0.352 e. The van der Waals surface area contributed by atoms with Gasteiger partial charge < -0.3 is 20.1 Å². The van der Waals surface area contributed by atoms with Crippen LogP contribution in [0.4, 0.5) is 5.69 Å². The Morgan fingerprint density at radius 1 is 1.03 bits per heavy atom. The first-order valence-corrected chi connectivity index (χ1v) is 12.8. The van der Waals surface area contributed by atoms with Crippen molar-refractivity contribution < 1.29 is 4.79 Å². The molecular formula is C29H30N6OS. The van der Waals surface area contributed by atoms with E-state index in [1.54, 1.807) is 6.20 Å². The number of carbonyl (C=O) groups is 1. The molecule has 0 saturated carbocycles. The van der Waals surface area contributed by atoms with Crippen molar-refractivity contribution in [2.45, 2.75) is 39.3 Å². The normalized spacial score (nSPS) is 17.1. The van der Waals surface area contributed by atoms with Gasteiger partial charge in [-0.1, -0.05) is 30.3 Å². The lowest BCUT2D eigenvalue weighted by atomic mass is 9.96. The molecule has 0 radical (unpaired) electrons. The molecule has 1 aliphatic rings. The predicted octanol–water partition coefficient (Wildman–Crippen LogP) is 5.19. The Labute approximate surface area is 222 Å². The molecule has 0 spiro atoms. The molecule has 1 fully saturated rings. The van der Waals surface area contributed by atoms with Crippen molar-refractivity contribution in [1.29, 1.82) is 0 Å². The van der Waals surface area contributed by atoms with Crippen molar-refractivity contribution >= 4 is 28.9 Å². The highest BCUT2D eigenvalue weighted by atomic mass is 32.1. The third-order valence-electron chi connectivity index (χ3n) is 6.75. The first kappa shape index (κ1) is 24.6. The zero-order chi connectivity index (χ0) is 25.9. The van der Waals surface area contributed by atoms with Crippen molar-refractivity contribution in [3.05, 3.63) is 107 Å². The molecule has 37 heavy (non-hydrogen) atoms. The molecule has 3 aromatic heterocycles. The SMILES string of the molecule is Cc1ccc(-n2c(C)cc([C@H]3[C@@H](c4ccccn4)NC(=S)N3CCC(=O)Nc3ccccc3)c2C)nc1. The monoisotopic (exact) mass is 510 g/mol. The molecule has 1 saturated heterocycles. The van der Waals surface area contributed by atoms with E-state index in [2.05, 4.69) is 56.0 Å². The Kier molecular flexibility index (Phi) is 7.01. The lowest BCUT2D eigenvalue weighted by Crippen LogP contribution is -2.32. The van der Waals surface area contributed by atoms with Gasteiger partial charge in [0, 0.05) is 42.4 Å². The second kappa shape index (κ2) is 10.5. The average Bonchev–Trinajstić information content (AvgIpc) is 3.39. The number of nitrogens with one attached hydrogen (secondary N) is 2. The summed E-state index contributed by atoms with van der Waals surface area (Å²) in [6.07, 6.45) is 3.99. The Balaban J connectivity index is 1.47. The van der Waals surface area contributed by atoms with E-state index in [-0.39, 0.29) is 18.0 Å². The van der Waals surface area contributed by atoms with Gasteiger partial charge in [0.05, 0.1) is 17.8 Å². The zero-order valence-corrected chi connectivity index (χ0v) is 22.0. The van der Waals surface area contributed by atoms with Crippen LogP contribution in [0.5, 0.6) is 0 Å². The van der Waals surface area contributed by atoms with Gasteiger partial charge >= 0.3 is 0 Å². The van der Waals surface area contributed by atoms with Crippen LogP contribution in [0.3, 0.4) is 0 Å². The van der Waals surface area contributed by atoms with E-state index < -0.39 is 0 Å². The molecule has 5 rings (SSSR count). The molecule has 2 N–H and O–H groups in total. The van der Waals surface area contributed by atoms with Crippen LogP contribution in [0.15, 0.2) is 79.1 Å². The number of hydrogen-bond acceptors (Lipinski definition) is 4. The molecule has 1 aromatic carbocycles. The molecule has 0 aliphatic carbocycles. The maximum absolute atomic E-state index is 12.8. The molecule has 8 heteroatoms. The number of aryl methyl sites for hydroxylation is 2. The number of thiocarbonyl (C=S) groups is 1. The maximum Gasteiger partial charge on any atom is 0.226 e. The average molecular weight is 511 g/mol. The van der Waals surface area contributed by atoms with E-state index in [0.717, 1.165) is 39.7 Å². The second-order valence-corrected chi connectivity index (χ2v) is 9.73. The summed E-state index contributed by atoms with van der Waals surface area (Å²) in [5, 5.41) is 7.08. The first-order chi connectivity index (χ1) is 17.9. The van der Waals surface area contributed by atoms with Crippen molar-refractivity contribution in [2.24, 2.45) is 0 Å². The Morgan fingerprint density at radius 2 is 1.81 bits per heavy atom. The Hall–Kier alpha value is -4.04. The van der Waals surface area contributed by atoms with Gasteiger partial charge in [0.25, 0.3) is 0 Å². The van der Waals surface area contributed by atoms with E-state index >= 15 is 0 Å². The molecular weight excluding hydrogens is 480 g/mol. The van der Waals surface area contributed by atoms with Gasteiger partial charge in [-0.05, 0) is 80.5 Å².